The van der Waals surface area contributed by atoms with E-state index in [0.29, 0.717) is 48.1 Å². The first-order chi connectivity index (χ1) is 21.7. The molecule has 3 aromatic rings. The average Bonchev–Trinajstić information content (AvgIpc) is 3.46. The largest absolute Gasteiger partial charge is 0.364 e. The molecule has 2 aromatic carbocycles. The normalized spacial score (nSPS) is 18.2. The highest BCUT2D eigenvalue weighted by Gasteiger charge is 2.27. The smallest absolute Gasteiger partial charge is 0.319 e. The van der Waals surface area contributed by atoms with Gasteiger partial charge in [0.2, 0.25) is 0 Å². The van der Waals surface area contributed by atoms with Crippen molar-refractivity contribution in [1.82, 2.24) is 15.4 Å². The van der Waals surface area contributed by atoms with E-state index in [1.807, 2.05) is 51.1 Å². The molecule has 5 rings (SSSR count). The van der Waals surface area contributed by atoms with Crippen molar-refractivity contribution < 1.29 is 14.1 Å². The Morgan fingerprint density at radius 2 is 1.87 bits per heavy atom. The van der Waals surface area contributed by atoms with Crippen LogP contribution in [0.1, 0.15) is 60.9 Å². The molecule has 1 saturated heterocycles. The molecule has 4 bridgehead atoms. The average molecular weight is 632 g/mol. The van der Waals surface area contributed by atoms with Gasteiger partial charge in [-0.3, -0.25) is 4.79 Å². The first-order valence-electron chi connectivity index (χ1n) is 15.2. The summed E-state index contributed by atoms with van der Waals surface area (Å²) in [4.78, 5) is 32.4. The fourth-order valence-electron chi connectivity index (χ4n) is 5.24. The van der Waals surface area contributed by atoms with Gasteiger partial charge in [-0.05, 0) is 94.8 Å². The van der Waals surface area contributed by atoms with Gasteiger partial charge in [-0.2, -0.15) is 0 Å². The van der Waals surface area contributed by atoms with Gasteiger partial charge in [-0.1, -0.05) is 41.0 Å². The van der Waals surface area contributed by atoms with Crippen LogP contribution in [0.15, 0.2) is 81.9 Å². The first kappa shape index (κ1) is 33.3. The van der Waals surface area contributed by atoms with Gasteiger partial charge < -0.3 is 30.7 Å². The second-order valence-electron chi connectivity index (χ2n) is 11.0. The van der Waals surface area contributed by atoms with Crippen molar-refractivity contribution in [3.8, 4) is 0 Å². The maximum Gasteiger partial charge on any atom is 0.319 e. The number of aliphatic imine (C=N–C) groups is 1. The fourth-order valence-corrected chi connectivity index (χ4v) is 5.33. The highest BCUT2D eigenvalue weighted by molar-refractivity contribution is 6.45. The minimum absolute atomic E-state index is 0.0393. The molecule has 10 nitrogen and oxygen atoms in total. The van der Waals surface area contributed by atoms with Crippen LogP contribution in [0.25, 0.3) is 0 Å². The number of amides is 3. The molecule has 0 aliphatic carbocycles. The molecule has 0 saturated carbocycles. The summed E-state index contributed by atoms with van der Waals surface area (Å²) in [6, 6.07) is 13.8. The van der Waals surface area contributed by atoms with Crippen LogP contribution in [-0.2, 0) is 12.8 Å². The van der Waals surface area contributed by atoms with Crippen LogP contribution < -0.4 is 21.3 Å². The zero-order valence-corrected chi connectivity index (χ0v) is 27.1. The third-order valence-corrected chi connectivity index (χ3v) is 7.90. The van der Waals surface area contributed by atoms with E-state index in [1.54, 1.807) is 24.0 Å². The molecule has 2 aliphatic rings. The van der Waals surface area contributed by atoms with Crippen molar-refractivity contribution >= 4 is 46.4 Å². The van der Waals surface area contributed by atoms with E-state index in [2.05, 4.69) is 45.1 Å². The number of allylic oxidation sites excluding steroid dienone is 2. The molecular formula is C34H42ClN7O3. The lowest BCUT2D eigenvalue weighted by Crippen LogP contribution is -2.47. The summed E-state index contributed by atoms with van der Waals surface area (Å²) < 4.78 is 5.03. The maximum absolute atomic E-state index is 13.1. The van der Waals surface area contributed by atoms with E-state index in [0.717, 1.165) is 35.5 Å². The number of likely N-dealkylation sites (tertiary alicyclic amines) is 1. The van der Waals surface area contributed by atoms with Gasteiger partial charge in [0.25, 0.3) is 5.91 Å². The van der Waals surface area contributed by atoms with Crippen LogP contribution in [0.5, 0.6) is 0 Å². The molecule has 2 aliphatic heterocycles. The second-order valence-corrected chi connectivity index (χ2v) is 11.4. The van der Waals surface area contributed by atoms with Crippen molar-refractivity contribution in [3.63, 3.8) is 0 Å². The number of piperidine rings is 1. The lowest BCUT2D eigenvalue weighted by Gasteiger charge is -2.32. The highest BCUT2D eigenvalue weighted by Crippen LogP contribution is 2.25. The number of benzene rings is 2. The Labute approximate surface area is 270 Å². The van der Waals surface area contributed by atoms with Crippen molar-refractivity contribution in [2.45, 2.75) is 65.6 Å². The SMILES string of the molecule is C/C=C(Cl)\C1=N/C(C)Nc2cccc(c2)CCc2cc(ccc2NC(=O)NC2CCN(C(=O)c3cnoc3C)CC2)N1.C=CC. The Kier molecular flexibility index (Phi) is 11.8. The molecule has 11 heteroatoms. The monoisotopic (exact) mass is 631 g/mol. The Bertz CT molecular complexity index is 1560. The molecule has 1 fully saturated rings. The molecule has 238 valence electrons. The molecule has 1 aromatic heterocycles. The minimum atomic E-state index is -0.270. The molecule has 3 amide bonds. The van der Waals surface area contributed by atoms with Crippen molar-refractivity contribution in [3.05, 3.63) is 94.9 Å². The van der Waals surface area contributed by atoms with E-state index >= 15 is 0 Å². The maximum atomic E-state index is 13.1. The van der Waals surface area contributed by atoms with Crippen LogP contribution in [0.2, 0.25) is 0 Å². The third-order valence-electron chi connectivity index (χ3n) is 7.50. The third kappa shape index (κ3) is 9.21. The van der Waals surface area contributed by atoms with Crippen LogP contribution >= 0.6 is 11.6 Å². The Hall–Kier alpha value is -4.57. The standard InChI is InChI=1S/C31H36ClN7O3.C3H6/c1-4-27(32)29-35-20(3)34-24-7-5-6-21(16-24)8-9-22-17-25(36-29)10-11-28(22)38-31(41)37-23-12-14-39(15-13-23)30(40)26-18-33-42-19(26)2;1-3-2/h4-7,10-11,16-18,20,23,34H,8-9,12-15H2,1-3H3,(H,35,36)(H2,37,38,41);3H,1H2,2H3/b27-4+;. The van der Waals surface area contributed by atoms with E-state index < -0.39 is 0 Å². The Morgan fingerprint density at radius 1 is 1.11 bits per heavy atom. The summed E-state index contributed by atoms with van der Waals surface area (Å²) in [6.45, 7) is 11.9. The van der Waals surface area contributed by atoms with Gasteiger partial charge in [0.1, 0.15) is 23.3 Å². The molecule has 1 atom stereocenters. The zero-order valence-electron chi connectivity index (χ0n) is 26.3. The van der Waals surface area contributed by atoms with E-state index in [9.17, 15) is 9.59 Å². The molecular weight excluding hydrogens is 590 g/mol. The van der Waals surface area contributed by atoms with Gasteiger partial charge in [-0.15, -0.1) is 6.58 Å². The number of anilines is 3. The highest BCUT2D eigenvalue weighted by atomic mass is 35.5. The summed E-state index contributed by atoms with van der Waals surface area (Å²) in [5.74, 6) is 0.977. The fraction of sp³-hybridized carbons (Fsp3) is 0.353. The predicted octanol–water partition coefficient (Wildman–Crippen LogP) is 7.11. The van der Waals surface area contributed by atoms with Gasteiger partial charge >= 0.3 is 6.03 Å². The number of hydrogen-bond acceptors (Lipinski definition) is 7. The van der Waals surface area contributed by atoms with E-state index in [1.165, 1.54) is 11.8 Å². The number of nitrogens with zero attached hydrogens (tertiary/aromatic N) is 3. The summed E-state index contributed by atoms with van der Waals surface area (Å²) in [6.07, 6.45) is 7.64. The summed E-state index contributed by atoms with van der Waals surface area (Å²) in [5, 5.41) is 17.1. The molecule has 3 heterocycles. The summed E-state index contributed by atoms with van der Waals surface area (Å²) in [5.41, 5.74) is 5.19. The number of nitrogens with one attached hydrogen (secondary N) is 4. The van der Waals surface area contributed by atoms with Crippen molar-refractivity contribution in [2.75, 3.05) is 29.0 Å². The van der Waals surface area contributed by atoms with Gasteiger partial charge in [0, 0.05) is 36.2 Å². The Morgan fingerprint density at radius 3 is 2.56 bits per heavy atom. The summed E-state index contributed by atoms with van der Waals surface area (Å²) >= 11 is 6.51. The number of rotatable bonds is 4. The van der Waals surface area contributed by atoms with E-state index in [4.69, 9.17) is 21.1 Å². The van der Waals surface area contributed by atoms with Gasteiger partial charge in [-0.25, -0.2) is 9.79 Å². The summed E-state index contributed by atoms with van der Waals surface area (Å²) in [7, 11) is 0. The number of hydrogen-bond donors (Lipinski definition) is 4. The molecule has 0 radical (unpaired) electrons. The predicted molar refractivity (Wildman–Crippen MR) is 182 cm³/mol. The van der Waals surface area contributed by atoms with Crippen molar-refractivity contribution in [1.29, 1.82) is 0 Å². The van der Waals surface area contributed by atoms with Crippen LogP contribution in [0, 0.1) is 6.92 Å². The van der Waals surface area contributed by atoms with Gasteiger partial charge in [0.15, 0.2) is 0 Å². The van der Waals surface area contributed by atoms with Crippen molar-refractivity contribution in [2.24, 2.45) is 4.99 Å². The van der Waals surface area contributed by atoms with Gasteiger partial charge in [0.05, 0.1) is 11.2 Å². The quantitative estimate of drug-likeness (QED) is 0.228. The van der Waals surface area contributed by atoms with Crippen LogP contribution in [0.3, 0.4) is 0 Å². The number of urea groups is 1. The van der Waals surface area contributed by atoms with E-state index in [-0.39, 0.29) is 24.1 Å². The number of aromatic nitrogens is 1. The number of aryl methyl sites for hydroxylation is 3. The molecule has 45 heavy (non-hydrogen) atoms. The number of fused-ring (bicyclic) bond motifs is 4. The first-order valence-corrected chi connectivity index (χ1v) is 15.6. The lowest BCUT2D eigenvalue weighted by molar-refractivity contribution is 0.0707. The Balaban J connectivity index is 0.00000148. The topological polar surface area (TPSA) is 124 Å². The number of halogens is 1. The van der Waals surface area contributed by atoms with Crippen LogP contribution in [0.4, 0.5) is 21.9 Å². The second kappa shape index (κ2) is 15.9. The molecule has 4 N–H and O–H groups in total. The molecule has 0 spiro atoms. The van der Waals surface area contributed by atoms with Crippen LogP contribution in [-0.4, -0.2) is 53.1 Å². The zero-order chi connectivity index (χ0) is 32.3. The number of carbonyl (C=O) groups excluding carboxylic acids is 2. The molecule has 1 unspecified atom stereocenters. The number of amidine groups is 1. The minimum Gasteiger partial charge on any atom is -0.364 e. The lowest BCUT2D eigenvalue weighted by atomic mass is 10.0. The number of carbonyl (C=O) groups is 2.